The Bertz CT molecular complexity index is 883. The van der Waals surface area contributed by atoms with E-state index in [9.17, 15) is 20.0 Å². The quantitative estimate of drug-likeness (QED) is 0.458. The summed E-state index contributed by atoms with van der Waals surface area (Å²) in [4.78, 5) is 27.8. The molecular formula is C24H32N4O4. The molecule has 1 heterocycles. The maximum Gasteiger partial charge on any atom is 0.251 e. The van der Waals surface area contributed by atoms with Crippen LogP contribution in [0.5, 0.6) is 0 Å². The molecular weight excluding hydrogens is 408 g/mol. The number of amides is 1. The molecule has 1 aliphatic rings. The van der Waals surface area contributed by atoms with Crippen LogP contribution in [0.25, 0.3) is 0 Å². The second-order valence-electron chi connectivity index (χ2n) is 8.54. The zero-order chi connectivity index (χ0) is 23.1. The molecule has 172 valence electrons. The highest BCUT2D eigenvalue weighted by Crippen LogP contribution is 2.22. The molecule has 2 N–H and O–H groups in total. The molecule has 8 nitrogen and oxygen atoms in total. The lowest BCUT2D eigenvalue weighted by Gasteiger charge is -2.36. The van der Waals surface area contributed by atoms with Gasteiger partial charge in [-0.2, -0.15) is 0 Å². The van der Waals surface area contributed by atoms with Gasteiger partial charge in [-0.1, -0.05) is 30.3 Å². The Morgan fingerprint density at radius 1 is 1.19 bits per heavy atom. The Kier molecular flexibility index (Phi) is 8.19. The first kappa shape index (κ1) is 23.7. The van der Waals surface area contributed by atoms with Crippen molar-refractivity contribution in [3.05, 3.63) is 75.8 Å². The van der Waals surface area contributed by atoms with Crippen molar-refractivity contribution in [1.82, 2.24) is 10.2 Å². The van der Waals surface area contributed by atoms with Gasteiger partial charge in [0, 0.05) is 29.3 Å². The van der Waals surface area contributed by atoms with Gasteiger partial charge in [0.15, 0.2) is 0 Å². The minimum atomic E-state index is -1.29. The fraction of sp³-hybridized carbons (Fsp3) is 0.458. The zero-order valence-corrected chi connectivity index (χ0v) is 18.7. The van der Waals surface area contributed by atoms with E-state index in [0.717, 1.165) is 37.2 Å². The number of aliphatic hydroxyl groups is 1. The number of carbonyl (C=O) groups is 1. The molecule has 0 aliphatic carbocycles. The van der Waals surface area contributed by atoms with E-state index in [1.807, 2.05) is 42.5 Å². The average molecular weight is 441 g/mol. The molecule has 0 saturated carbocycles. The van der Waals surface area contributed by atoms with Crippen molar-refractivity contribution in [2.75, 3.05) is 38.6 Å². The number of likely N-dealkylation sites (tertiary alicyclic amines) is 1. The number of nitrogens with one attached hydrogen (secondary N) is 1. The molecule has 32 heavy (non-hydrogen) atoms. The van der Waals surface area contributed by atoms with Gasteiger partial charge in [0.05, 0.1) is 6.04 Å². The van der Waals surface area contributed by atoms with Crippen LogP contribution in [0.4, 0.5) is 5.69 Å². The minimum Gasteiger partial charge on any atom is -0.384 e. The highest BCUT2D eigenvalue weighted by molar-refractivity contribution is 5.94. The van der Waals surface area contributed by atoms with Crippen molar-refractivity contribution in [2.24, 2.45) is 0 Å². The summed E-state index contributed by atoms with van der Waals surface area (Å²) in [6, 6.07) is 16.4. The lowest BCUT2D eigenvalue weighted by molar-refractivity contribution is -0.491. The number of nitro groups is 1. The maximum atomic E-state index is 12.8. The summed E-state index contributed by atoms with van der Waals surface area (Å²) in [5.74, 6) is -0.359. The Morgan fingerprint density at radius 3 is 2.41 bits per heavy atom. The first-order chi connectivity index (χ1) is 15.3. The number of carbonyl (C=O) groups excluding carboxylic acids is 1. The molecule has 0 radical (unpaired) electrons. The van der Waals surface area contributed by atoms with Gasteiger partial charge < -0.3 is 20.2 Å². The minimum absolute atomic E-state index is 0.304. The fourth-order valence-corrected chi connectivity index (χ4v) is 4.12. The first-order valence-corrected chi connectivity index (χ1v) is 11.0. The fourth-order valence-electron chi connectivity index (χ4n) is 4.12. The third-order valence-corrected chi connectivity index (χ3v) is 6.19. The van der Waals surface area contributed by atoms with E-state index in [4.69, 9.17) is 0 Å². The third-order valence-electron chi connectivity index (χ3n) is 6.19. The highest BCUT2D eigenvalue weighted by Gasteiger charge is 2.26. The summed E-state index contributed by atoms with van der Waals surface area (Å²) < 4.78 is 0. The van der Waals surface area contributed by atoms with Crippen LogP contribution in [0.2, 0.25) is 0 Å². The average Bonchev–Trinajstić information content (AvgIpc) is 2.79. The van der Waals surface area contributed by atoms with E-state index in [0.29, 0.717) is 18.0 Å². The van der Waals surface area contributed by atoms with E-state index >= 15 is 0 Å². The molecule has 2 aromatic rings. The Hall–Kier alpha value is -2.97. The van der Waals surface area contributed by atoms with Crippen molar-refractivity contribution >= 4 is 11.6 Å². The molecule has 8 heteroatoms. The van der Waals surface area contributed by atoms with Crippen LogP contribution in [0.3, 0.4) is 0 Å². The second-order valence-corrected chi connectivity index (χ2v) is 8.54. The molecule has 2 aromatic carbocycles. The van der Waals surface area contributed by atoms with E-state index in [1.54, 1.807) is 12.1 Å². The van der Waals surface area contributed by atoms with Crippen LogP contribution < -0.4 is 10.2 Å². The number of nitrogens with zero attached hydrogens (tertiary/aromatic N) is 3. The predicted octanol–water partition coefficient (Wildman–Crippen LogP) is 2.20. The summed E-state index contributed by atoms with van der Waals surface area (Å²) >= 11 is 0. The van der Waals surface area contributed by atoms with Crippen LogP contribution in [0.15, 0.2) is 54.6 Å². The Morgan fingerprint density at radius 2 is 1.81 bits per heavy atom. The molecule has 3 rings (SSSR count). The van der Waals surface area contributed by atoms with Gasteiger partial charge in [-0.15, -0.1) is 0 Å². The number of rotatable bonds is 9. The standard InChI is InChI=1S/C24H32N4O4/c1-26-14-12-21(13-15-26)27(2)20-10-8-19(9-11-20)24(30)25-22(23(29)17-28(31)32)16-18-6-4-3-5-7-18/h3-11,21-23,29H,12-17H2,1-2H3,(H,25,30)/t22-,23+/m0/s1. The van der Waals surface area contributed by atoms with Gasteiger partial charge in [-0.25, -0.2) is 0 Å². The van der Waals surface area contributed by atoms with Crippen molar-refractivity contribution in [2.45, 2.75) is 37.5 Å². The van der Waals surface area contributed by atoms with Crippen molar-refractivity contribution in [1.29, 1.82) is 0 Å². The second kappa shape index (κ2) is 11.1. The third kappa shape index (κ3) is 6.51. The number of aliphatic hydroxyl groups excluding tert-OH is 1. The van der Waals surface area contributed by atoms with Gasteiger partial charge >= 0.3 is 0 Å². The summed E-state index contributed by atoms with van der Waals surface area (Å²) in [7, 11) is 4.21. The highest BCUT2D eigenvalue weighted by atomic mass is 16.6. The van der Waals surface area contributed by atoms with E-state index < -0.39 is 23.6 Å². The van der Waals surface area contributed by atoms with Gasteiger partial charge in [0.25, 0.3) is 5.91 Å². The van der Waals surface area contributed by atoms with E-state index in [2.05, 4.69) is 29.2 Å². The molecule has 1 amide bonds. The summed E-state index contributed by atoms with van der Waals surface area (Å²) in [5, 5.41) is 24.0. The number of piperidine rings is 1. The Labute approximate surface area is 189 Å². The summed E-state index contributed by atoms with van der Waals surface area (Å²) in [6.45, 7) is 1.52. The number of hydrogen-bond donors (Lipinski definition) is 2. The van der Waals surface area contributed by atoms with Crippen LogP contribution in [0.1, 0.15) is 28.8 Å². The summed E-state index contributed by atoms with van der Waals surface area (Å²) in [5.41, 5.74) is 2.39. The zero-order valence-electron chi connectivity index (χ0n) is 18.7. The predicted molar refractivity (Wildman–Crippen MR) is 125 cm³/mol. The van der Waals surface area contributed by atoms with E-state index in [-0.39, 0.29) is 5.91 Å². The molecule has 0 spiro atoms. The Balaban J connectivity index is 1.66. The van der Waals surface area contributed by atoms with E-state index in [1.165, 1.54) is 0 Å². The van der Waals surface area contributed by atoms with Crippen LogP contribution in [0, 0.1) is 10.1 Å². The molecule has 2 atom stereocenters. The molecule has 1 saturated heterocycles. The van der Waals surface area contributed by atoms with Crippen molar-refractivity contribution in [3.8, 4) is 0 Å². The molecule has 0 bridgehead atoms. The van der Waals surface area contributed by atoms with Crippen LogP contribution in [-0.2, 0) is 6.42 Å². The van der Waals surface area contributed by atoms with Gasteiger partial charge in [-0.3, -0.25) is 14.9 Å². The van der Waals surface area contributed by atoms with Gasteiger partial charge in [0.1, 0.15) is 6.10 Å². The first-order valence-electron chi connectivity index (χ1n) is 11.0. The number of benzene rings is 2. The van der Waals surface area contributed by atoms with Crippen LogP contribution >= 0.6 is 0 Å². The number of anilines is 1. The molecule has 1 fully saturated rings. The van der Waals surface area contributed by atoms with Gasteiger partial charge in [0.2, 0.25) is 6.54 Å². The molecule has 0 aromatic heterocycles. The maximum absolute atomic E-state index is 12.8. The molecule has 1 aliphatic heterocycles. The monoisotopic (exact) mass is 440 g/mol. The summed E-state index contributed by atoms with van der Waals surface area (Å²) in [6.07, 6.45) is 1.22. The molecule has 0 unspecified atom stereocenters. The SMILES string of the molecule is CN1CCC(N(C)c2ccc(C(=O)N[C@@H](Cc3ccccc3)[C@H](O)C[N+](=O)[O-])cc2)CC1. The van der Waals surface area contributed by atoms with Crippen molar-refractivity contribution < 1.29 is 14.8 Å². The van der Waals surface area contributed by atoms with Crippen LogP contribution in [-0.4, -0.2) is 72.8 Å². The normalized spacial score (nSPS) is 16.8. The topological polar surface area (TPSA) is 99.0 Å². The van der Waals surface area contributed by atoms with Crippen molar-refractivity contribution in [3.63, 3.8) is 0 Å². The lowest BCUT2D eigenvalue weighted by Crippen LogP contribution is -2.47. The number of hydrogen-bond acceptors (Lipinski definition) is 6. The van der Waals surface area contributed by atoms with Gasteiger partial charge in [-0.05, 0) is 69.2 Å². The lowest BCUT2D eigenvalue weighted by atomic mass is 10.0. The largest absolute Gasteiger partial charge is 0.384 e. The smallest absolute Gasteiger partial charge is 0.251 e.